The molecule has 0 spiro atoms. The van der Waals surface area contributed by atoms with Crippen LogP contribution in [-0.2, 0) is 4.74 Å². The molecule has 1 rings (SSSR count). The number of rotatable bonds is 5. The van der Waals surface area contributed by atoms with E-state index in [9.17, 15) is 4.79 Å². The lowest BCUT2D eigenvalue weighted by molar-refractivity contribution is 0.0795. The summed E-state index contributed by atoms with van der Waals surface area (Å²) in [6, 6.07) is 0. The van der Waals surface area contributed by atoms with E-state index in [0.717, 1.165) is 38.8 Å². The number of allylic oxidation sites excluding steroid dienone is 3. The second kappa shape index (κ2) is 7.24. The summed E-state index contributed by atoms with van der Waals surface area (Å²) in [6.45, 7) is 10.1. The third-order valence-electron chi connectivity index (χ3n) is 3.52. The number of unbranched alkanes of at least 4 members (excludes halogenated alkanes) is 1. The highest BCUT2D eigenvalue weighted by molar-refractivity contribution is 5.67. The van der Waals surface area contributed by atoms with Crippen LogP contribution in [0.1, 0.15) is 39.5 Å². The van der Waals surface area contributed by atoms with Crippen LogP contribution >= 0.6 is 0 Å². The minimum Gasteiger partial charge on any atom is -0.449 e. The molecule has 102 valence electrons. The van der Waals surface area contributed by atoms with Crippen LogP contribution in [0.5, 0.6) is 0 Å². The van der Waals surface area contributed by atoms with Gasteiger partial charge in [-0.15, -0.1) is 0 Å². The van der Waals surface area contributed by atoms with Gasteiger partial charge in [-0.3, -0.25) is 0 Å². The monoisotopic (exact) mass is 251 g/mol. The lowest BCUT2D eigenvalue weighted by Gasteiger charge is -2.36. The van der Waals surface area contributed by atoms with Gasteiger partial charge in [0.25, 0.3) is 0 Å². The first-order valence-electron chi connectivity index (χ1n) is 6.83. The van der Waals surface area contributed by atoms with Crippen molar-refractivity contribution < 1.29 is 9.53 Å². The molecule has 3 heteroatoms. The highest BCUT2D eigenvalue weighted by atomic mass is 16.6. The Morgan fingerprint density at radius 1 is 1.44 bits per heavy atom. The normalized spacial score (nSPS) is 18.9. The molecule has 1 heterocycles. The van der Waals surface area contributed by atoms with Crippen LogP contribution in [0.25, 0.3) is 0 Å². The fraction of sp³-hybridized carbons (Fsp3) is 0.667. The van der Waals surface area contributed by atoms with E-state index in [1.165, 1.54) is 0 Å². The molecule has 0 radical (unpaired) electrons. The summed E-state index contributed by atoms with van der Waals surface area (Å²) in [5.74, 6) is 0. The van der Waals surface area contributed by atoms with Crippen molar-refractivity contribution in [2.24, 2.45) is 5.41 Å². The summed E-state index contributed by atoms with van der Waals surface area (Å²) in [7, 11) is 0. The average Bonchev–Trinajstić information content (AvgIpc) is 2.37. The van der Waals surface area contributed by atoms with E-state index in [-0.39, 0.29) is 11.5 Å². The Morgan fingerprint density at radius 2 is 2.11 bits per heavy atom. The minimum absolute atomic E-state index is 0.154. The van der Waals surface area contributed by atoms with Crippen molar-refractivity contribution in [3.63, 3.8) is 0 Å². The molecular weight excluding hydrogens is 226 g/mol. The molecule has 1 amide bonds. The molecule has 1 saturated heterocycles. The van der Waals surface area contributed by atoms with Crippen molar-refractivity contribution >= 4 is 6.09 Å². The third kappa shape index (κ3) is 4.55. The number of hydrogen-bond donors (Lipinski definition) is 0. The van der Waals surface area contributed by atoms with Gasteiger partial charge in [0.1, 0.15) is 0 Å². The van der Waals surface area contributed by atoms with Crippen molar-refractivity contribution in [1.29, 1.82) is 0 Å². The van der Waals surface area contributed by atoms with Crippen molar-refractivity contribution in [2.45, 2.75) is 39.5 Å². The predicted octanol–water partition coefficient (Wildman–Crippen LogP) is 3.77. The van der Waals surface area contributed by atoms with Crippen LogP contribution in [-0.4, -0.2) is 30.7 Å². The molecule has 0 unspecified atom stereocenters. The van der Waals surface area contributed by atoms with Gasteiger partial charge in [-0.1, -0.05) is 45.1 Å². The molecular formula is C15H25NO2. The van der Waals surface area contributed by atoms with Gasteiger partial charge in [-0.25, -0.2) is 4.79 Å². The van der Waals surface area contributed by atoms with Gasteiger partial charge in [0.2, 0.25) is 0 Å². The van der Waals surface area contributed by atoms with E-state index in [1.54, 1.807) is 6.08 Å². The van der Waals surface area contributed by atoms with Gasteiger partial charge >= 0.3 is 6.09 Å². The summed E-state index contributed by atoms with van der Waals surface area (Å²) in [5, 5.41) is 0. The van der Waals surface area contributed by atoms with Gasteiger partial charge in [-0.2, -0.15) is 0 Å². The molecule has 0 bridgehead atoms. The molecule has 0 atom stereocenters. The number of hydrogen-bond acceptors (Lipinski definition) is 2. The van der Waals surface area contributed by atoms with E-state index >= 15 is 0 Å². The van der Waals surface area contributed by atoms with Crippen LogP contribution in [0.4, 0.5) is 4.79 Å². The Balaban J connectivity index is 2.36. The fourth-order valence-corrected chi connectivity index (χ4v) is 2.06. The highest BCUT2D eigenvalue weighted by Crippen LogP contribution is 2.32. The number of carbonyl (C=O) groups is 1. The second-order valence-corrected chi connectivity index (χ2v) is 5.20. The lowest BCUT2D eigenvalue weighted by atomic mass is 9.80. The van der Waals surface area contributed by atoms with Crippen molar-refractivity contribution in [1.82, 2.24) is 4.90 Å². The summed E-state index contributed by atoms with van der Waals surface area (Å²) < 4.78 is 5.22. The zero-order valence-corrected chi connectivity index (χ0v) is 11.7. The van der Waals surface area contributed by atoms with E-state index < -0.39 is 0 Å². The van der Waals surface area contributed by atoms with Crippen LogP contribution < -0.4 is 0 Å². The quantitative estimate of drug-likeness (QED) is 0.550. The zero-order valence-electron chi connectivity index (χ0n) is 11.7. The van der Waals surface area contributed by atoms with Gasteiger partial charge in [-0.05, 0) is 24.7 Å². The number of piperidine rings is 1. The first-order valence-corrected chi connectivity index (χ1v) is 6.83. The van der Waals surface area contributed by atoms with Crippen LogP contribution in [0, 0.1) is 5.41 Å². The standard InChI is InChI=1S/C15H25NO2/c1-4-6-8-15(3)9-11-16(12-10-15)14(17)18-13-7-5-2/h4,6,8H,1,5,7,9-13H2,2-3H3/b8-6+. The third-order valence-corrected chi connectivity index (χ3v) is 3.52. The summed E-state index contributed by atoms with van der Waals surface area (Å²) in [5.41, 5.74) is 0.189. The molecule has 0 N–H and O–H groups in total. The fourth-order valence-electron chi connectivity index (χ4n) is 2.06. The molecule has 1 aliphatic rings. The molecule has 0 aromatic rings. The Kier molecular flexibility index (Phi) is 5.96. The number of carbonyl (C=O) groups excluding carboxylic acids is 1. The number of likely N-dealkylation sites (tertiary alicyclic amines) is 1. The van der Waals surface area contributed by atoms with Crippen molar-refractivity contribution in [3.05, 3.63) is 24.8 Å². The summed E-state index contributed by atoms with van der Waals surface area (Å²) in [4.78, 5) is 13.6. The maximum atomic E-state index is 11.8. The average molecular weight is 251 g/mol. The molecule has 0 aromatic heterocycles. The smallest absolute Gasteiger partial charge is 0.409 e. The number of ether oxygens (including phenoxy) is 1. The second-order valence-electron chi connectivity index (χ2n) is 5.20. The van der Waals surface area contributed by atoms with Gasteiger partial charge in [0.15, 0.2) is 0 Å². The van der Waals surface area contributed by atoms with E-state index in [2.05, 4.69) is 26.5 Å². The molecule has 0 aliphatic carbocycles. The Hall–Kier alpha value is -1.25. The van der Waals surface area contributed by atoms with E-state index in [4.69, 9.17) is 4.74 Å². The molecule has 0 aromatic carbocycles. The van der Waals surface area contributed by atoms with Crippen LogP contribution in [0.15, 0.2) is 24.8 Å². The topological polar surface area (TPSA) is 29.5 Å². The largest absolute Gasteiger partial charge is 0.449 e. The Morgan fingerprint density at radius 3 is 2.67 bits per heavy atom. The van der Waals surface area contributed by atoms with Gasteiger partial charge in [0.05, 0.1) is 6.61 Å². The van der Waals surface area contributed by atoms with Crippen LogP contribution in [0.3, 0.4) is 0 Å². The number of nitrogens with zero attached hydrogens (tertiary/aromatic N) is 1. The van der Waals surface area contributed by atoms with Gasteiger partial charge < -0.3 is 9.64 Å². The SMILES string of the molecule is C=C/C=C/C1(C)CCN(C(=O)OCCCC)CC1. The molecule has 3 nitrogen and oxygen atoms in total. The summed E-state index contributed by atoms with van der Waals surface area (Å²) >= 11 is 0. The maximum Gasteiger partial charge on any atom is 0.409 e. The first kappa shape index (κ1) is 14.8. The van der Waals surface area contributed by atoms with Crippen LogP contribution in [0.2, 0.25) is 0 Å². The zero-order chi connectivity index (χ0) is 13.4. The first-order chi connectivity index (χ1) is 8.61. The number of amides is 1. The molecule has 18 heavy (non-hydrogen) atoms. The molecule has 1 fully saturated rings. The minimum atomic E-state index is -0.154. The molecule has 1 aliphatic heterocycles. The predicted molar refractivity (Wildman–Crippen MR) is 74.5 cm³/mol. The van der Waals surface area contributed by atoms with Gasteiger partial charge in [0, 0.05) is 13.1 Å². The lowest BCUT2D eigenvalue weighted by Crippen LogP contribution is -2.41. The highest BCUT2D eigenvalue weighted by Gasteiger charge is 2.30. The summed E-state index contributed by atoms with van der Waals surface area (Å²) in [6.07, 6.45) is 9.81. The Labute approximate surface area is 110 Å². The van der Waals surface area contributed by atoms with E-state index in [1.807, 2.05) is 11.0 Å². The van der Waals surface area contributed by atoms with E-state index in [0.29, 0.717) is 6.61 Å². The maximum absolute atomic E-state index is 11.8. The van der Waals surface area contributed by atoms with Crippen molar-refractivity contribution in [3.8, 4) is 0 Å². The Bertz CT molecular complexity index is 302. The van der Waals surface area contributed by atoms with Crippen molar-refractivity contribution in [2.75, 3.05) is 19.7 Å². The molecule has 0 saturated carbocycles.